The topological polar surface area (TPSA) is 55.3 Å². The van der Waals surface area contributed by atoms with E-state index in [-0.39, 0.29) is 36.2 Å². The van der Waals surface area contributed by atoms with Crippen LogP contribution in [0.5, 0.6) is 5.75 Å². The van der Waals surface area contributed by atoms with E-state index in [2.05, 4.69) is 29.3 Å². The fourth-order valence-electron chi connectivity index (χ4n) is 3.66. The maximum absolute atomic E-state index is 5.97. The van der Waals surface area contributed by atoms with Crippen molar-refractivity contribution in [3.63, 3.8) is 0 Å². The highest BCUT2D eigenvalue weighted by atomic mass is 127. The summed E-state index contributed by atoms with van der Waals surface area (Å²) in [6.07, 6.45) is 3.52. The largest absolute Gasteiger partial charge is 0.494 e. The molecular weight excluding hydrogens is 469 g/mol. The second-order valence-electron chi connectivity index (χ2n) is 6.97. The van der Waals surface area contributed by atoms with Gasteiger partial charge in [0.15, 0.2) is 5.96 Å². The van der Waals surface area contributed by atoms with E-state index in [1.165, 1.54) is 5.56 Å². The molecule has 1 aromatic rings. The van der Waals surface area contributed by atoms with Gasteiger partial charge in [-0.15, -0.1) is 24.0 Å². The predicted molar refractivity (Wildman–Crippen MR) is 123 cm³/mol. The van der Waals surface area contributed by atoms with Crippen molar-refractivity contribution in [3.8, 4) is 5.75 Å². The number of ether oxygens (including phenoxy) is 3. The molecule has 0 radical (unpaired) electrons. The molecule has 2 heterocycles. The summed E-state index contributed by atoms with van der Waals surface area (Å²) < 4.78 is 17.4. The summed E-state index contributed by atoms with van der Waals surface area (Å²) in [7, 11) is 0. The van der Waals surface area contributed by atoms with Gasteiger partial charge in [-0.05, 0) is 50.8 Å². The lowest BCUT2D eigenvalue weighted by molar-refractivity contribution is -0.0817. The van der Waals surface area contributed by atoms with Crippen LogP contribution < -0.4 is 10.1 Å². The molecule has 0 spiro atoms. The molecule has 28 heavy (non-hydrogen) atoms. The van der Waals surface area contributed by atoms with E-state index in [1.807, 2.05) is 19.1 Å². The molecule has 7 heteroatoms. The van der Waals surface area contributed by atoms with E-state index in [0.29, 0.717) is 6.61 Å². The van der Waals surface area contributed by atoms with Crippen molar-refractivity contribution in [1.29, 1.82) is 0 Å². The van der Waals surface area contributed by atoms with E-state index < -0.39 is 0 Å². The van der Waals surface area contributed by atoms with Gasteiger partial charge in [0.05, 0.1) is 19.3 Å². The third-order valence-corrected chi connectivity index (χ3v) is 4.98. The third-order valence-electron chi connectivity index (χ3n) is 4.98. The molecule has 1 aromatic carbocycles. The van der Waals surface area contributed by atoms with Crippen LogP contribution in [0.15, 0.2) is 29.3 Å². The summed E-state index contributed by atoms with van der Waals surface area (Å²) in [5, 5.41) is 3.44. The van der Waals surface area contributed by atoms with Gasteiger partial charge >= 0.3 is 0 Å². The van der Waals surface area contributed by atoms with Crippen molar-refractivity contribution in [1.82, 2.24) is 10.2 Å². The highest BCUT2D eigenvalue weighted by Crippen LogP contribution is 2.21. The Morgan fingerprint density at radius 2 is 2.11 bits per heavy atom. The summed E-state index contributed by atoms with van der Waals surface area (Å²) in [5.74, 6) is 1.91. The van der Waals surface area contributed by atoms with Crippen LogP contribution in [0.25, 0.3) is 0 Å². The second kappa shape index (κ2) is 12.5. The summed E-state index contributed by atoms with van der Waals surface area (Å²) in [5.41, 5.74) is 1.25. The molecular formula is C21H34IN3O3. The SMILES string of the molecule is CCNC(=NCCc1cccc(OCC)c1)N1CCOC(C2CCCO2)C1.I. The number of aliphatic imine (C=N–C) groups is 1. The van der Waals surface area contributed by atoms with Gasteiger partial charge in [-0.2, -0.15) is 0 Å². The Balaban J connectivity index is 0.00000280. The molecule has 1 N–H and O–H groups in total. The predicted octanol–water partition coefficient (Wildman–Crippen LogP) is 3.09. The third kappa shape index (κ3) is 6.77. The Bertz CT molecular complexity index is 608. The Morgan fingerprint density at radius 3 is 2.86 bits per heavy atom. The average molecular weight is 503 g/mol. The first-order valence-corrected chi connectivity index (χ1v) is 10.3. The molecule has 0 bridgehead atoms. The molecule has 158 valence electrons. The summed E-state index contributed by atoms with van der Waals surface area (Å²) in [4.78, 5) is 7.18. The van der Waals surface area contributed by atoms with E-state index >= 15 is 0 Å². The number of rotatable bonds is 7. The molecule has 3 rings (SSSR count). The van der Waals surface area contributed by atoms with Crippen molar-refractivity contribution in [2.24, 2.45) is 4.99 Å². The first-order valence-electron chi connectivity index (χ1n) is 10.3. The molecule has 2 atom stereocenters. The molecule has 2 aliphatic heterocycles. The molecule has 0 aliphatic carbocycles. The van der Waals surface area contributed by atoms with Gasteiger partial charge in [-0.25, -0.2) is 0 Å². The number of benzene rings is 1. The number of hydrogen-bond acceptors (Lipinski definition) is 4. The van der Waals surface area contributed by atoms with Crippen LogP contribution >= 0.6 is 24.0 Å². The van der Waals surface area contributed by atoms with Crippen LogP contribution in [-0.2, 0) is 15.9 Å². The van der Waals surface area contributed by atoms with Gasteiger partial charge in [-0.3, -0.25) is 4.99 Å². The van der Waals surface area contributed by atoms with Crippen molar-refractivity contribution >= 4 is 29.9 Å². The highest BCUT2D eigenvalue weighted by Gasteiger charge is 2.32. The fourth-order valence-corrected chi connectivity index (χ4v) is 3.66. The van der Waals surface area contributed by atoms with Gasteiger partial charge in [0.2, 0.25) is 0 Å². The maximum Gasteiger partial charge on any atom is 0.194 e. The Morgan fingerprint density at radius 1 is 1.25 bits per heavy atom. The molecule has 0 saturated carbocycles. The fraction of sp³-hybridized carbons (Fsp3) is 0.667. The smallest absolute Gasteiger partial charge is 0.194 e. The minimum atomic E-state index is 0. The van der Waals surface area contributed by atoms with E-state index in [1.54, 1.807) is 0 Å². The molecule has 2 unspecified atom stereocenters. The van der Waals surface area contributed by atoms with Crippen molar-refractivity contribution < 1.29 is 14.2 Å². The molecule has 2 aliphatic rings. The van der Waals surface area contributed by atoms with Crippen LogP contribution in [0, 0.1) is 0 Å². The number of nitrogens with one attached hydrogen (secondary N) is 1. The molecule has 2 saturated heterocycles. The van der Waals surface area contributed by atoms with Crippen LogP contribution in [-0.4, -0.2) is 69.1 Å². The maximum atomic E-state index is 5.97. The normalized spacial score (nSPS) is 22.6. The van der Waals surface area contributed by atoms with Gasteiger partial charge < -0.3 is 24.4 Å². The molecule has 0 amide bonds. The Kier molecular flexibility index (Phi) is 10.4. The van der Waals surface area contributed by atoms with E-state index in [9.17, 15) is 0 Å². The first kappa shape index (κ1) is 23.2. The summed E-state index contributed by atoms with van der Waals surface area (Å²) in [6.45, 7) is 9.72. The molecule has 2 fully saturated rings. The van der Waals surface area contributed by atoms with Gasteiger partial charge in [0.1, 0.15) is 11.9 Å². The number of guanidine groups is 1. The lowest BCUT2D eigenvalue weighted by atomic mass is 10.1. The van der Waals surface area contributed by atoms with Crippen molar-refractivity contribution in [3.05, 3.63) is 29.8 Å². The zero-order valence-electron chi connectivity index (χ0n) is 17.1. The quantitative estimate of drug-likeness (QED) is 0.352. The summed E-state index contributed by atoms with van der Waals surface area (Å²) >= 11 is 0. The zero-order valence-corrected chi connectivity index (χ0v) is 19.4. The summed E-state index contributed by atoms with van der Waals surface area (Å²) in [6, 6.07) is 8.28. The van der Waals surface area contributed by atoms with Crippen molar-refractivity contribution in [2.75, 3.05) is 46.0 Å². The molecule has 0 aromatic heterocycles. The molecule has 6 nitrogen and oxygen atoms in total. The lowest BCUT2D eigenvalue weighted by Crippen LogP contribution is -2.53. The number of hydrogen-bond donors (Lipinski definition) is 1. The minimum absolute atomic E-state index is 0. The van der Waals surface area contributed by atoms with Crippen LogP contribution in [0.2, 0.25) is 0 Å². The van der Waals surface area contributed by atoms with E-state index in [0.717, 1.165) is 70.4 Å². The standard InChI is InChI=1S/C21H33N3O3.HI/c1-3-22-21(23-11-10-17-7-5-8-18(15-17)25-4-2)24-12-14-27-20(16-24)19-9-6-13-26-19;/h5,7-8,15,19-20H,3-4,6,9-14,16H2,1-2H3,(H,22,23);1H. The van der Waals surface area contributed by atoms with Gasteiger partial charge in [0.25, 0.3) is 0 Å². The van der Waals surface area contributed by atoms with Crippen LogP contribution in [0.1, 0.15) is 32.3 Å². The number of halogens is 1. The monoisotopic (exact) mass is 503 g/mol. The number of nitrogens with zero attached hydrogens (tertiary/aromatic N) is 2. The highest BCUT2D eigenvalue weighted by molar-refractivity contribution is 14.0. The van der Waals surface area contributed by atoms with Crippen molar-refractivity contribution in [2.45, 2.75) is 45.3 Å². The van der Waals surface area contributed by atoms with Crippen LogP contribution in [0.4, 0.5) is 0 Å². The number of morpholine rings is 1. The van der Waals surface area contributed by atoms with Crippen LogP contribution in [0.3, 0.4) is 0 Å². The second-order valence-corrected chi connectivity index (χ2v) is 6.97. The average Bonchev–Trinajstić information content (AvgIpc) is 3.23. The Labute approximate surface area is 186 Å². The Hall–Kier alpha value is -1.06. The lowest BCUT2D eigenvalue weighted by Gasteiger charge is -2.37. The van der Waals surface area contributed by atoms with Gasteiger partial charge in [-0.1, -0.05) is 12.1 Å². The zero-order chi connectivity index (χ0) is 18.9. The van der Waals surface area contributed by atoms with Gasteiger partial charge in [0, 0.05) is 32.8 Å². The van der Waals surface area contributed by atoms with E-state index in [4.69, 9.17) is 19.2 Å². The minimum Gasteiger partial charge on any atom is -0.494 e. The first-order chi connectivity index (χ1) is 13.3.